The van der Waals surface area contributed by atoms with Gasteiger partial charge in [-0.05, 0) is 79.3 Å². The van der Waals surface area contributed by atoms with E-state index >= 15 is 0 Å². The molecule has 2 saturated carbocycles. The molecular weight excluding hydrogens is 340 g/mol. The van der Waals surface area contributed by atoms with Gasteiger partial charge in [0.25, 0.3) is 0 Å². The molecule has 3 rings (SSSR count). The van der Waals surface area contributed by atoms with E-state index in [1.165, 1.54) is 0 Å². The number of rotatable bonds is 5. The fourth-order valence-corrected chi connectivity index (χ4v) is 5.90. The highest BCUT2D eigenvalue weighted by atomic mass is 16.4. The van der Waals surface area contributed by atoms with Crippen molar-refractivity contribution in [3.8, 4) is 0 Å². The third-order valence-electron chi connectivity index (χ3n) is 7.97. The summed E-state index contributed by atoms with van der Waals surface area (Å²) >= 11 is 0. The van der Waals surface area contributed by atoms with E-state index < -0.39 is 11.6 Å². The van der Waals surface area contributed by atoms with Gasteiger partial charge >= 0.3 is 5.97 Å². The summed E-state index contributed by atoms with van der Waals surface area (Å²) in [7, 11) is 0. The van der Waals surface area contributed by atoms with Crippen LogP contribution in [0.3, 0.4) is 0 Å². The Kier molecular flexibility index (Phi) is 5.67. The lowest BCUT2D eigenvalue weighted by Gasteiger charge is -2.50. The topological polar surface area (TPSA) is 74.6 Å². The lowest BCUT2D eigenvalue weighted by atomic mass is 9.56. The van der Waals surface area contributed by atoms with Crippen LogP contribution in [-0.2, 0) is 9.59 Å². The minimum Gasteiger partial charge on any atom is -0.481 e. The van der Waals surface area contributed by atoms with Crippen molar-refractivity contribution in [2.45, 2.75) is 77.7 Å². The van der Waals surface area contributed by atoms with Gasteiger partial charge in [0.2, 0.25) is 0 Å². The smallest absolute Gasteiger partial charge is 0.303 e. The Balaban J connectivity index is 1.81. The van der Waals surface area contributed by atoms with Crippen LogP contribution in [0.5, 0.6) is 0 Å². The van der Waals surface area contributed by atoms with Crippen LogP contribution in [0, 0.1) is 29.1 Å². The summed E-state index contributed by atoms with van der Waals surface area (Å²) in [6, 6.07) is 0. The number of aliphatic carboxylic acids is 1. The number of carboxylic acid groups (broad SMARTS) is 1. The Hall–Kier alpha value is -1.42. The molecule has 0 radical (unpaired) electrons. The lowest BCUT2D eigenvalue weighted by Crippen LogP contribution is -2.50. The minimum absolute atomic E-state index is 0.0291. The van der Waals surface area contributed by atoms with Gasteiger partial charge in [-0.25, -0.2) is 0 Å². The number of aliphatic hydroxyl groups is 1. The Morgan fingerprint density at radius 2 is 2.00 bits per heavy atom. The molecule has 150 valence electrons. The second-order valence-corrected chi connectivity index (χ2v) is 9.49. The molecule has 0 aliphatic heterocycles. The van der Waals surface area contributed by atoms with Crippen molar-refractivity contribution in [2.24, 2.45) is 29.1 Å². The standard InChI is InChI=1S/C23H34O4/c1-15-4-6-18(24)14-17(15)5-7-19-16(2)8-11-22(3)20(19)9-12-23(22,27)13-10-21(25)26/h5,7,14-16,19-20,27H,4,6,8-13H2,1-3H3,(H,25,26)/b7-5-/t15-,16+,19-,20+,22+,23-/m1/s1. The number of allylic oxidation sites excluding steroid dienone is 4. The predicted molar refractivity (Wildman–Crippen MR) is 105 cm³/mol. The third-order valence-corrected chi connectivity index (χ3v) is 7.97. The zero-order valence-corrected chi connectivity index (χ0v) is 16.9. The highest BCUT2D eigenvalue weighted by Crippen LogP contribution is 2.62. The molecule has 27 heavy (non-hydrogen) atoms. The molecule has 2 fully saturated rings. The summed E-state index contributed by atoms with van der Waals surface area (Å²) in [5.41, 5.74) is 0.0204. The first kappa shape index (κ1) is 20.3. The van der Waals surface area contributed by atoms with Gasteiger partial charge in [0, 0.05) is 12.8 Å². The molecule has 6 atom stereocenters. The molecule has 4 nitrogen and oxygen atoms in total. The van der Waals surface area contributed by atoms with Crippen LogP contribution in [0.4, 0.5) is 0 Å². The monoisotopic (exact) mass is 374 g/mol. The molecule has 0 amide bonds. The van der Waals surface area contributed by atoms with Gasteiger partial charge < -0.3 is 10.2 Å². The first-order chi connectivity index (χ1) is 12.7. The number of carbonyl (C=O) groups is 2. The van der Waals surface area contributed by atoms with Crippen LogP contribution in [0.15, 0.2) is 23.8 Å². The van der Waals surface area contributed by atoms with Gasteiger partial charge in [-0.15, -0.1) is 0 Å². The maximum absolute atomic E-state index is 11.8. The Bertz CT molecular complexity index is 663. The van der Waals surface area contributed by atoms with Gasteiger partial charge in [0.05, 0.1) is 5.60 Å². The molecular formula is C23H34O4. The average Bonchev–Trinajstić information content (AvgIpc) is 2.88. The molecule has 0 heterocycles. The highest BCUT2D eigenvalue weighted by Gasteiger charge is 2.59. The number of ketones is 1. The van der Waals surface area contributed by atoms with Crippen LogP contribution in [-0.4, -0.2) is 27.6 Å². The zero-order chi connectivity index (χ0) is 19.8. The first-order valence-electron chi connectivity index (χ1n) is 10.5. The molecule has 0 aromatic rings. The molecule has 0 aromatic carbocycles. The van der Waals surface area contributed by atoms with Crippen molar-refractivity contribution >= 4 is 11.8 Å². The molecule has 0 spiro atoms. The van der Waals surface area contributed by atoms with Gasteiger partial charge in [-0.1, -0.05) is 32.9 Å². The van der Waals surface area contributed by atoms with Gasteiger partial charge in [-0.2, -0.15) is 0 Å². The van der Waals surface area contributed by atoms with E-state index in [1.54, 1.807) is 6.08 Å². The molecule has 2 N–H and O–H groups in total. The summed E-state index contributed by atoms with van der Waals surface area (Å²) in [6.45, 7) is 6.63. The maximum atomic E-state index is 11.8. The molecule has 0 saturated heterocycles. The molecule has 4 heteroatoms. The van der Waals surface area contributed by atoms with Crippen molar-refractivity contribution in [1.82, 2.24) is 0 Å². The van der Waals surface area contributed by atoms with Crippen LogP contribution >= 0.6 is 0 Å². The zero-order valence-electron chi connectivity index (χ0n) is 16.9. The van der Waals surface area contributed by atoms with E-state index in [2.05, 4.69) is 32.9 Å². The van der Waals surface area contributed by atoms with Crippen molar-refractivity contribution in [3.05, 3.63) is 23.8 Å². The average molecular weight is 375 g/mol. The summed E-state index contributed by atoms with van der Waals surface area (Å²) in [4.78, 5) is 22.8. The maximum Gasteiger partial charge on any atom is 0.303 e. The van der Waals surface area contributed by atoms with Crippen LogP contribution < -0.4 is 0 Å². The van der Waals surface area contributed by atoms with Crippen LogP contribution in [0.25, 0.3) is 0 Å². The number of fused-ring (bicyclic) bond motifs is 1. The number of hydrogen-bond acceptors (Lipinski definition) is 3. The highest BCUT2D eigenvalue weighted by molar-refractivity contribution is 5.91. The van der Waals surface area contributed by atoms with Gasteiger partial charge in [0.15, 0.2) is 5.78 Å². The molecule has 3 aliphatic carbocycles. The summed E-state index contributed by atoms with van der Waals surface area (Å²) in [5, 5.41) is 20.4. The Morgan fingerprint density at radius 3 is 2.70 bits per heavy atom. The second kappa shape index (κ2) is 7.54. The lowest BCUT2D eigenvalue weighted by molar-refractivity contribution is -0.142. The van der Waals surface area contributed by atoms with Gasteiger partial charge in [0.1, 0.15) is 0 Å². The van der Waals surface area contributed by atoms with E-state index in [1.807, 2.05) is 0 Å². The van der Waals surface area contributed by atoms with Crippen molar-refractivity contribution in [1.29, 1.82) is 0 Å². The summed E-state index contributed by atoms with van der Waals surface area (Å²) < 4.78 is 0. The van der Waals surface area contributed by atoms with E-state index in [9.17, 15) is 14.7 Å². The molecule has 0 bridgehead atoms. The van der Waals surface area contributed by atoms with Crippen LogP contribution in [0.2, 0.25) is 0 Å². The quantitative estimate of drug-likeness (QED) is 0.741. The number of hydrogen-bond donors (Lipinski definition) is 2. The third kappa shape index (κ3) is 3.78. The normalized spacial score (nSPS) is 42.2. The fraction of sp³-hybridized carbons (Fsp3) is 0.739. The SMILES string of the molecule is C[C@@H]1CCC(=O)C=C1/C=C\[C@@H]1[C@@H](C)CC[C@@]2(C)[C@H]1CC[C@@]2(O)CCC(=O)O. The fourth-order valence-electron chi connectivity index (χ4n) is 5.90. The van der Waals surface area contributed by atoms with E-state index in [0.29, 0.717) is 42.9 Å². The van der Waals surface area contributed by atoms with Crippen molar-refractivity contribution < 1.29 is 19.8 Å². The van der Waals surface area contributed by atoms with Crippen molar-refractivity contribution in [3.63, 3.8) is 0 Å². The second-order valence-electron chi connectivity index (χ2n) is 9.49. The Morgan fingerprint density at radius 1 is 1.26 bits per heavy atom. The number of carboxylic acids is 1. The van der Waals surface area contributed by atoms with E-state index in [4.69, 9.17) is 5.11 Å². The van der Waals surface area contributed by atoms with E-state index in [-0.39, 0.29) is 17.6 Å². The summed E-state index contributed by atoms with van der Waals surface area (Å²) in [5.74, 6) is 1.08. The molecule has 0 aromatic heterocycles. The molecule has 3 aliphatic rings. The first-order valence-corrected chi connectivity index (χ1v) is 10.5. The largest absolute Gasteiger partial charge is 0.481 e. The molecule has 0 unspecified atom stereocenters. The minimum atomic E-state index is -0.879. The Labute approximate surface area is 162 Å². The predicted octanol–water partition coefficient (Wildman–Crippen LogP) is 4.53. The van der Waals surface area contributed by atoms with Crippen molar-refractivity contribution in [2.75, 3.05) is 0 Å². The summed E-state index contributed by atoms with van der Waals surface area (Å²) in [6.07, 6.45) is 11.8. The number of carbonyl (C=O) groups excluding carboxylic acids is 1. The van der Waals surface area contributed by atoms with E-state index in [0.717, 1.165) is 31.3 Å². The van der Waals surface area contributed by atoms with Gasteiger partial charge in [-0.3, -0.25) is 9.59 Å². The van der Waals surface area contributed by atoms with Crippen LogP contribution in [0.1, 0.15) is 72.1 Å².